The molecule has 2 N–H and O–H groups in total. The van der Waals surface area contributed by atoms with E-state index in [2.05, 4.69) is 56.4 Å². The Labute approximate surface area is 102 Å². The van der Waals surface area contributed by atoms with Crippen molar-refractivity contribution < 1.29 is 0 Å². The van der Waals surface area contributed by atoms with Gasteiger partial charge in [-0.2, -0.15) is 0 Å². The van der Waals surface area contributed by atoms with Gasteiger partial charge in [0.15, 0.2) is 0 Å². The molecule has 0 aliphatic carbocycles. The Balaban J connectivity index is 2.44. The highest BCUT2D eigenvalue weighted by atomic mass is 127. The van der Waals surface area contributed by atoms with Gasteiger partial charge in [-0.25, -0.2) is 4.98 Å². The minimum absolute atomic E-state index is 0.484. The van der Waals surface area contributed by atoms with Crippen LogP contribution >= 0.6 is 22.6 Å². The summed E-state index contributed by atoms with van der Waals surface area (Å²) in [4.78, 5) is 4.36. The van der Waals surface area contributed by atoms with Gasteiger partial charge in [-0.05, 0) is 53.8 Å². The third-order valence-corrected chi connectivity index (χ3v) is 2.97. The van der Waals surface area contributed by atoms with E-state index in [4.69, 9.17) is 5.73 Å². The van der Waals surface area contributed by atoms with Gasteiger partial charge >= 0.3 is 0 Å². The molecule has 0 spiro atoms. The first-order valence-electron chi connectivity index (χ1n) is 4.71. The lowest BCUT2D eigenvalue weighted by molar-refractivity contribution is 0.968. The monoisotopic (exact) mass is 313 g/mol. The fourth-order valence-electron chi connectivity index (χ4n) is 1.49. The first-order valence-corrected chi connectivity index (χ1v) is 5.79. The lowest BCUT2D eigenvalue weighted by Crippen LogP contribution is -1.95. The predicted molar refractivity (Wildman–Crippen MR) is 68.9 cm³/mol. The van der Waals surface area contributed by atoms with E-state index in [0.717, 1.165) is 17.2 Å². The second-order valence-corrected chi connectivity index (χ2v) is 4.58. The summed E-state index contributed by atoms with van der Waals surface area (Å²) in [7, 11) is 0. The molecule has 15 heavy (non-hydrogen) atoms. The average molecular weight is 313 g/mol. The molecule has 3 nitrogen and oxygen atoms in total. The summed E-state index contributed by atoms with van der Waals surface area (Å²) >= 11 is 2.29. The van der Waals surface area contributed by atoms with E-state index in [1.807, 2.05) is 13.1 Å². The van der Waals surface area contributed by atoms with Crippen molar-refractivity contribution in [2.24, 2.45) is 5.73 Å². The zero-order valence-electron chi connectivity index (χ0n) is 8.44. The maximum Gasteiger partial charge on any atom is 0.110 e. The number of imidazole rings is 1. The third kappa shape index (κ3) is 2.21. The molecule has 0 radical (unpaired) electrons. The molecular weight excluding hydrogens is 301 g/mol. The standard InChI is InChI=1S/C11H12IN3/c1-8-14-10(6-13)7-15(8)11-4-2-9(12)3-5-11/h2-5,7H,6,13H2,1H3. The molecule has 0 atom stereocenters. The van der Waals surface area contributed by atoms with Crippen molar-refractivity contribution in [1.29, 1.82) is 0 Å². The molecule has 0 bridgehead atoms. The minimum Gasteiger partial charge on any atom is -0.325 e. The van der Waals surface area contributed by atoms with Gasteiger partial charge in [-0.3, -0.25) is 0 Å². The first-order chi connectivity index (χ1) is 7.20. The summed E-state index contributed by atoms with van der Waals surface area (Å²) < 4.78 is 3.28. The van der Waals surface area contributed by atoms with Crippen molar-refractivity contribution in [1.82, 2.24) is 9.55 Å². The first kappa shape index (κ1) is 10.6. The van der Waals surface area contributed by atoms with Gasteiger partial charge in [0, 0.05) is 22.0 Å². The molecule has 1 aromatic carbocycles. The van der Waals surface area contributed by atoms with Crippen LogP contribution in [0, 0.1) is 10.5 Å². The number of aryl methyl sites for hydroxylation is 1. The highest BCUT2D eigenvalue weighted by Crippen LogP contribution is 2.14. The van der Waals surface area contributed by atoms with Crippen LogP contribution in [0.5, 0.6) is 0 Å². The number of hydrogen-bond donors (Lipinski definition) is 1. The summed E-state index contributed by atoms with van der Waals surface area (Å²) in [5.41, 5.74) is 7.60. The number of hydrogen-bond acceptors (Lipinski definition) is 2. The number of rotatable bonds is 2. The van der Waals surface area contributed by atoms with E-state index in [0.29, 0.717) is 6.54 Å². The molecule has 0 aliphatic rings. The summed E-state index contributed by atoms with van der Waals surface area (Å²) in [6.45, 7) is 2.47. The maximum atomic E-state index is 5.56. The summed E-state index contributed by atoms with van der Waals surface area (Å²) in [5, 5.41) is 0. The van der Waals surface area contributed by atoms with Gasteiger partial charge < -0.3 is 10.3 Å². The number of nitrogens with two attached hydrogens (primary N) is 1. The smallest absolute Gasteiger partial charge is 0.110 e. The van der Waals surface area contributed by atoms with Crippen molar-refractivity contribution in [2.75, 3.05) is 0 Å². The van der Waals surface area contributed by atoms with Crippen LogP contribution in [0.4, 0.5) is 0 Å². The van der Waals surface area contributed by atoms with E-state index < -0.39 is 0 Å². The summed E-state index contributed by atoms with van der Waals surface area (Å²) in [6.07, 6.45) is 1.98. The molecular formula is C11H12IN3. The highest BCUT2D eigenvalue weighted by molar-refractivity contribution is 14.1. The zero-order chi connectivity index (χ0) is 10.8. The van der Waals surface area contributed by atoms with Crippen LogP contribution in [0.15, 0.2) is 30.5 Å². The number of benzene rings is 1. The van der Waals surface area contributed by atoms with E-state index in [9.17, 15) is 0 Å². The quantitative estimate of drug-likeness (QED) is 0.864. The van der Waals surface area contributed by atoms with Crippen LogP contribution in [0.3, 0.4) is 0 Å². The number of aromatic nitrogens is 2. The lowest BCUT2D eigenvalue weighted by Gasteiger charge is -2.04. The van der Waals surface area contributed by atoms with Crippen LogP contribution in [-0.2, 0) is 6.54 Å². The van der Waals surface area contributed by atoms with Crippen LogP contribution in [0.2, 0.25) is 0 Å². The second-order valence-electron chi connectivity index (χ2n) is 3.33. The Kier molecular flexibility index (Phi) is 3.06. The van der Waals surface area contributed by atoms with Gasteiger partial charge in [-0.1, -0.05) is 0 Å². The van der Waals surface area contributed by atoms with Crippen molar-refractivity contribution in [3.05, 3.63) is 45.6 Å². The Morgan fingerprint density at radius 1 is 1.33 bits per heavy atom. The largest absolute Gasteiger partial charge is 0.325 e. The summed E-state index contributed by atoms with van der Waals surface area (Å²) in [5.74, 6) is 0.969. The van der Waals surface area contributed by atoms with Crippen LogP contribution in [0.1, 0.15) is 11.5 Å². The molecule has 0 saturated heterocycles. The van der Waals surface area contributed by atoms with Gasteiger partial charge in [0.05, 0.1) is 5.69 Å². The van der Waals surface area contributed by atoms with Crippen molar-refractivity contribution in [3.63, 3.8) is 0 Å². The summed E-state index contributed by atoms with van der Waals surface area (Å²) in [6, 6.07) is 8.32. The second kappa shape index (κ2) is 4.32. The van der Waals surface area contributed by atoms with Gasteiger partial charge in [-0.15, -0.1) is 0 Å². The van der Waals surface area contributed by atoms with Crippen LogP contribution < -0.4 is 5.73 Å². The molecule has 0 amide bonds. The topological polar surface area (TPSA) is 43.8 Å². The molecule has 78 valence electrons. The van der Waals surface area contributed by atoms with Gasteiger partial charge in [0.2, 0.25) is 0 Å². The molecule has 2 aromatic rings. The number of halogens is 1. The molecule has 1 aromatic heterocycles. The Hall–Kier alpha value is -0.880. The zero-order valence-corrected chi connectivity index (χ0v) is 10.6. The Morgan fingerprint density at radius 3 is 2.53 bits per heavy atom. The van der Waals surface area contributed by atoms with Gasteiger partial charge in [0.25, 0.3) is 0 Å². The Morgan fingerprint density at radius 2 is 2.00 bits per heavy atom. The van der Waals surface area contributed by atoms with Gasteiger partial charge in [0.1, 0.15) is 5.82 Å². The highest BCUT2D eigenvalue weighted by Gasteiger charge is 2.04. The minimum atomic E-state index is 0.484. The van der Waals surface area contributed by atoms with Crippen LogP contribution in [0.25, 0.3) is 5.69 Å². The maximum absolute atomic E-state index is 5.56. The normalized spacial score (nSPS) is 10.6. The van der Waals surface area contributed by atoms with E-state index >= 15 is 0 Å². The Bertz CT molecular complexity index is 459. The number of nitrogens with zero attached hydrogens (tertiary/aromatic N) is 2. The third-order valence-electron chi connectivity index (χ3n) is 2.25. The fraction of sp³-hybridized carbons (Fsp3) is 0.182. The molecule has 0 unspecified atom stereocenters. The van der Waals surface area contributed by atoms with Crippen molar-refractivity contribution >= 4 is 22.6 Å². The van der Waals surface area contributed by atoms with Crippen molar-refractivity contribution in [2.45, 2.75) is 13.5 Å². The molecule has 1 heterocycles. The molecule has 4 heteroatoms. The molecule has 0 fully saturated rings. The average Bonchev–Trinajstić information content (AvgIpc) is 2.61. The van der Waals surface area contributed by atoms with E-state index in [1.165, 1.54) is 3.57 Å². The lowest BCUT2D eigenvalue weighted by atomic mass is 10.3. The van der Waals surface area contributed by atoms with Crippen LogP contribution in [-0.4, -0.2) is 9.55 Å². The molecule has 0 saturated carbocycles. The van der Waals surface area contributed by atoms with E-state index in [1.54, 1.807) is 0 Å². The molecule has 0 aliphatic heterocycles. The van der Waals surface area contributed by atoms with E-state index in [-0.39, 0.29) is 0 Å². The predicted octanol–water partition coefficient (Wildman–Crippen LogP) is 2.24. The SMILES string of the molecule is Cc1nc(CN)cn1-c1ccc(I)cc1. The molecule has 2 rings (SSSR count). The van der Waals surface area contributed by atoms with Crippen molar-refractivity contribution in [3.8, 4) is 5.69 Å². The fourth-order valence-corrected chi connectivity index (χ4v) is 1.85.